The van der Waals surface area contributed by atoms with Crippen molar-refractivity contribution >= 4 is 74.4 Å². The van der Waals surface area contributed by atoms with Gasteiger partial charge >= 0.3 is 0 Å². The molecule has 3 aromatic carbocycles. The van der Waals surface area contributed by atoms with Crippen LogP contribution in [0.15, 0.2) is 89.1 Å². The number of rotatable bonds is 7. The van der Waals surface area contributed by atoms with Crippen LogP contribution in [0.2, 0.25) is 5.02 Å². The second-order valence-corrected chi connectivity index (χ2v) is 10.4. The Bertz CT molecular complexity index is 1260. The van der Waals surface area contributed by atoms with Gasteiger partial charge in [0.05, 0.1) is 10.9 Å². The molecule has 3 N–H and O–H groups in total. The molecule has 9 heteroatoms. The van der Waals surface area contributed by atoms with E-state index >= 15 is 0 Å². The zero-order valence-corrected chi connectivity index (χ0v) is 21.3. The number of hydrogen-bond donors (Lipinski definition) is 3. The van der Waals surface area contributed by atoms with Crippen LogP contribution in [-0.4, -0.2) is 21.3 Å². The fourth-order valence-corrected chi connectivity index (χ4v) is 4.93. The Morgan fingerprint density at radius 3 is 2.26 bits per heavy atom. The van der Waals surface area contributed by atoms with Gasteiger partial charge in [0.2, 0.25) is 5.91 Å². The van der Waals surface area contributed by atoms with E-state index < -0.39 is 0 Å². The predicted octanol–water partition coefficient (Wildman–Crippen LogP) is 7.39. The van der Waals surface area contributed by atoms with E-state index in [0.717, 1.165) is 27.5 Å². The molecular formula is C25H21ClN4OS3. The maximum absolute atomic E-state index is 12.7. The molecule has 1 heterocycles. The molecule has 4 rings (SSSR count). The Hall–Kier alpha value is -2.91. The zero-order chi connectivity index (χ0) is 23.9. The summed E-state index contributed by atoms with van der Waals surface area (Å²) in [6, 6.07) is 25.0. The zero-order valence-electron chi connectivity index (χ0n) is 18.1. The van der Waals surface area contributed by atoms with E-state index in [1.165, 1.54) is 23.1 Å². The van der Waals surface area contributed by atoms with Crippen molar-refractivity contribution in [2.45, 2.75) is 17.1 Å². The molecule has 1 aromatic heterocycles. The fraction of sp³-hybridized carbons (Fsp3) is 0.0800. The number of carbonyl (C=O) groups is 1. The Labute approximate surface area is 217 Å². The number of amides is 1. The highest BCUT2D eigenvalue weighted by Gasteiger charge is 2.16. The van der Waals surface area contributed by atoms with Crippen molar-refractivity contribution < 1.29 is 4.79 Å². The van der Waals surface area contributed by atoms with Crippen molar-refractivity contribution in [3.05, 3.63) is 89.3 Å². The second kappa shape index (κ2) is 11.5. The molecular weight excluding hydrogens is 504 g/mol. The van der Waals surface area contributed by atoms with Crippen LogP contribution in [0.5, 0.6) is 0 Å². The van der Waals surface area contributed by atoms with Crippen LogP contribution in [0, 0.1) is 0 Å². The molecule has 172 valence electrons. The van der Waals surface area contributed by atoms with Crippen LogP contribution in [-0.2, 0) is 4.79 Å². The van der Waals surface area contributed by atoms with Crippen LogP contribution >= 0.6 is 46.9 Å². The summed E-state index contributed by atoms with van der Waals surface area (Å²) in [5, 5.41) is 12.6. The van der Waals surface area contributed by atoms with Gasteiger partial charge in [0, 0.05) is 32.2 Å². The van der Waals surface area contributed by atoms with E-state index in [-0.39, 0.29) is 11.2 Å². The summed E-state index contributed by atoms with van der Waals surface area (Å²) in [5.41, 5.74) is 3.55. The van der Waals surface area contributed by atoms with Gasteiger partial charge in [-0.05, 0) is 67.7 Å². The molecule has 0 aliphatic heterocycles. The summed E-state index contributed by atoms with van der Waals surface area (Å²) in [7, 11) is 0. The lowest BCUT2D eigenvalue weighted by Gasteiger charge is -2.12. The molecule has 1 unspecified atom stereocenters. The van der Waals surface area contributed by atoms with Gasteiger partial charge in [0.15, 0.2) is 10.2 Å². The summed E-state index contributed by atoms with van der Waals surface area (Å²) < 4.78 is 0. The number of nitrogens with zero attached hydrogens (tertiary/aromatic N) is 1. The van der Waals surface area contributed by atoms with E-state index in [9.17, 15) is 4.79 Å². The normalized spacial score (nSPS) is 11.5. The summed E-state index contributed by atoms with van der Waals surface area (Å²) in [6.07, 6.45) is 0. The number of para-hydroxylation sites is 1. The molecule has 4 aromatic rings. The topological polar surface area (TPSA) is 66.0 Å². The van der Waals surface area contributed by atoms with Crippen LogP contribution in [0.3, 0.4) is 0 Å². The van der Waals surface area contributed by atoms with Crippen LogP contribution in [0.4, 0.5) is 16.5 Å². The third-order valence-corrected chi connectivity index (χ3v) is 7.03. The highest BCUT2D eigenvalue weighted by molar-refractivity contribution is 8.00. The van der Waals surface area contributed by atoms with Crippen LogP contribution < -0.4 is 16.0 Å². The largest absolute Gasteiger partial charge is 0.332 e. The quantitative estimate of drug-likeness (QED) is 0.173. The molecule has 1 atom stereocenters. The number of thioether (sulfide) groups is 1. The second-order valence-electron chi connectivity index (χ2n) is 7.26. The number of benzene rings is 3. The first-order valence-electron chi connectivity index (χ1n) is 10.4. The minimum atomic E-state index is -0.289. The van der Waals surface area contributed by atoms with Crippen molar-refractivity contribution in [3.63, 3.8) is 0 Å². The van der Waals surface area contributed by atoms with Gasteiger partial charge in [-0.2, -0.15) is 0 Å². The SMILES string of the molecule is CC(Sc1ccc(NC(=S)Nc2ccccc2)cc1)C(=O)Nc1nc(-c2ccc(Cl)cc2)cs1. The minimum absolute atomic E-state index is 0.0996. The number of nitrogens with one attached hydrogen (secondary N) is 3. The molecule has 1 amide bonds. The van der Waals surface area contributed by atoms with Gasteiger partial charge in [-0.15, -0.1) is 23.1 Å². The molecule has 0 saturated carbocycles. The molecule has 0 bridgehead atoms. The Morgan fingerprint density at radius 2 is 1.59 bits per heavy atom. The Balaban J connectivity index is 1.28. The van der Waals surface area contributed by atoms with Gasteiger partial charge in [-0.25, -0.2) is 4.98 Å². The number of anilines is 3. The van der Waals surface area contributed by atoms with Gasteiger partial charge in [-0.3, -0.25) is 4.79 Å². The summed E-state index contributed by atoms with van der Waals surface area (Å²) in [5.74, 6) is -0.0996. The summed E-state index contributed by atoms with van der Waals surface area (Å²) in [4.78, 5) is 18.2. The molecule has 0 aliphatic rings. The fourth-order valence-electron chi connectivity index (χ4n) is 2.98. The molecule has 0 saturated heterocycles. The summed E-state index contributed by atoms with van der Waals surface area (Å²) >= 11 is 14.2. The molecule has 0 fully saturated rings. The standard InChI is InChI=1S/C25H21ClN4OS3/c1-16(23(31)30-25-29-22(15-33-25)17-7-9-18(26)10-8-17)34-21-13-11-20(12-14-21)28-24(32)27-19-5-3-2-4-6-19/h2-16H,1H3,(H2,27,28,32)(H,29,30,31). The highest BCUT2D eigenvalue weighted by atomic mass is 35.5. The van der Waals surface area contributed by atoms with E-state index in [2.05, 4.69) is 20.9 Å². The predicted molar refractivity (Wildman–Crippen MR) is 149 cm³/mol. The van der Waals surface area contributed by atoms with Crippen molar-refractivity contribution in [2.75, 3.05) is 16.0 Å². The number of thiocarbonyl (C=S) groups is 1. The molecule has 0 radical (unpaired) electrons. The smallest absolute Gasteiger partial charge is 0.239 e. The monoisotopic (exact) mass is 524 g/mol. The molecule has 5 nitrogen and oxygen atoms in total. The van der Waals surface area contributed by atoms with E-state index in [0.29, 0.717) is 15.3 Å². The Morgan fingerprint density at radius 1 is 0.941 bits per heavy atom. The lowest BCUT2D eigenvalue weighted by Crippen LogP contribution is -2.22. The highest BCUT2D eigenvalue weighted by Crippen LogP contribution is 2.28. The first kappa shape index (κ1) is 24.2. The molecule has 34 heavy (non-hydrogen) atoms. The number of hydrogen-bond acceptors (Lipinski definition) is 5. The van der Waals surface area contributed by atoms with Gasteiger partial charge in [-0.1, -0.05) is 41.9 Å². The minimum Gasteiger partial charge on any atom is -0.332 e. The maximum Gasteiger partial charge on any atom is 0.239 e. The van der Waals surface area contributed by atoms with Gasteiger partial charge in [0.25, 0.3) is 0 Å². The average Bonchev–Trinajstić information content (AvgIpc) is 3.30. The first-order chi connectivity index (χ1) is 16.5. The molecule has 0 spiro atoms. The Kier molecular flexibility index (Phi) is 8.18. The van der Waals surface area contributed by atoms with Crippen LogP contribution in [0.25, 0.3) is 11.3 Å². The van der Waals surface area contributed by atoms with E-state index in [1.54, 1.807) is 0 Å². The summed E-state index contributed by atoms with van der Waals surface area (Å²) in [6.45, 7) is 1.87. The van der Waals surface area contributed by atoms with Crippen LogP contribution in [0.1, 0.15) is 6.92 Å². The first-order valence-corrected chi connectivity index (χ1v) is 12.9. The van der Waals surface area contributed by atoms with Gasteiger partial charge in [0.1, 0.15) is 0 Å². The third kappa shape index (κ3) is 6.80. The molecule has 0 aliphatic carbocycles. The third-order valence-electron chi connectivity index (χ3n) is 4.70. The van der Waals surface area contributed by atoms with E-state index in [1.807, 2.05) is 91.2 Å². The van der Waals surface area contributed by atoms with Crippen molar-refractivity contribution in [3.8, 4) is 11.3 Å². The number of halogens is 1. The van der Waals surface area contributed by atoms with Crippen molar-refractivity contribution in [1.82, 2.24) is 4.98 Å². The van der Waals surface area contributed by atoms with Crippen molar-refractivity contribution in [1.29, 1.82) is 0 Å². The number of aromatic nitrogens is 1. The average molecular weight is 525 g/mol. The number of thiazole rings is 1. The van der Waals surface area contributed by atoms with E-state index in [4.69, 9.17) is 23.8 Å². The van der Waals surface area contributed by atoms with Crippen molar-refractivity contribution in [2.24, 2.45) is 0 Å². The number of carbonyl (C=O) groups excluding carboxylic acids is 1. The lowest BCUT2D eigenvalue weighted by atomic mass is 10.2. The maximum atomic E-state index is 12.7. The lowest BCUT2D eigenvalue weighted by molar-refractivity contribution is -0.115. The van der Waals surface area contributed by atoms with Gasteiger partial charge < -0.3 is 16.0 Å².